The Hall–Kier alpha value is -0.283. The Labute approximate surface area is 102 Å². The quantitative estimate of drug-likeness (QED) is 0.730. The summed E-state index contributed by atoms with van der Waals surface area (Å²) in [5, 5.41) is 0. The van der Waals surface area contributed by atoms with E-state index in [0.717, 1.165) is 10.2 Å². The molecule has 0 unspecified atom stereocenters. The zero-order valence-corrected chi connectivity index (χ0v) is 12.5. The van der Waals surface area contributed by atoms with Gasteiger partial charge in [0, 0.05) is 4.47 Å². The lowest BCUT2D eigenvalue weighted by molar-refractivity contribution is 0.527. The average molecular weight is 287 g/mol. The Balaban J connectivity index is 2.68. The monoisotopic (exact) mass is 286 g/mol. The first-order valence-electron chi connectivity index (χ1n) is 5.34. The smallest absolute Gasteiger partial charge is 0.245 e. The largest absolute Gasteiger partial charge is 0.544 e. The van der Waals surface area contributed by atoms with Crippen LogP contribution < -0.4 is 4.43 Å². The van der Waals surface area contributed by atoms with Crippen molar-refractivity contribution in [2.45, 2.75) is 33.0 Å². The van der Waals surface area contributed by atoms with Gasteiger partial charge in [-0.05, 0) is 43.3 Å². The summed E-state index contributed by atoms with van der Waals surface area (Å²) in [7, 11) is -1.55. The second kappa shape index (κ2) is 5.17. The van der Waals surface area contributed by atoms with E-state index < -0.39 is 8.32 Å². The molecule has 0 amide bonds. The van der Waals surface area contributed by atoms with E-state index in [2.05, 4.69) is 42.9 Å². The Kier molecular flexibility index (Phi) is 4.41. The van der Waals surface area contributed by atoms with E-state index in [-0.39, 0.29) is 0 Å². The van der Waals surface area contributed by atoms with Gasteiger partial charge in [-0.3, -0.25) is 0 Å². The van der Waals surface area contributed by atoms with Crippen molar-refractivity contribution in [1.82, 2.24) is 0 Å². The fraction of sp³-hybridized carbons (Fsp3) is 0.500. The average Bonchev–Trinajstić information content (AvgIpc) is 1.99. The molecule has 0 saturated carbocycles. The summed E-state index contributed by atoms with van der Waals surface area (Å²) in [4.78, 5) is 0. The zero-order valence-electron chi connectivity index (χ0n) is 9.88. The van der Waals surface area contributed by atoms with Crippen molar-refractivity contribution in [3.63, 3.8) is 0 Å². The van der Waals surface area contributed by atoms with E-state index >= 15 is 0 Å². The molecule has 0 fully saturated rings. The maximum absolute atomic E-state index is 6.10. The third-order valence-corrected chi connectivity index (χ3v) is 5.17. The van der Waals surface area contributed by atoms with Crippen LogP contribution >= 0.6 is 15.9 Å². The highest BCUT2D eigenvalue weighted by Gasteiger charge is 2.25. The van der Waals surface area contributed by atoms with Crippen LogP contribution in [0.25, 0.3) is 0 Å². The molecule has 0 aliphatic rings. The Bertz CT molecular complexity index is 323. The van der Waals surface area contributed by atoms with Crippen LogP contribution in [-0.2, 0) is 0 Å². The minimum Gasteiger partial charge on any atom is -0.544 e. The molecular formula is C12H19BrOSi. The van der Waals surface area contributed by atoms with Gasteiger partial charge in [0.05, 0.1) is 0 Å². The molecule has 0 bridgehead atoms. The lowest BCUT2D eigenvalue weighted by Gasteiger charge is -2.25. The molecule has 0 spiro atoms. The number of hydrogen-bond donors (Lipinski definition) is 0. The van der Waals surface area contributed by atoms with Crippen LogP contribution in [0.15, 0.2) is 28.7 Å². The molecule has 15 heavy (non-hydrogen) atoms. The maximum Gasteiger partial charge on any atom is 0.245 e. The van der Waals surface area contributed by atoms with Gasteiger partial charge in [0.15, 0.2) is 0 Å². The summed E-state index contributed by atoms with van der Waals surface area (Å²) in [6.45, 7) is 9.04. The second-order valence-corrected chi connectivity index (χ2v) is 9.96. The molecule has 1 rings (SSSR count). The zero-order chi connectivity index (χ0) is 11.5. The molecular weight excluding hydrogens is 268 g/mol. The van der Waals surface area contributed by atoms with Crippen molar-refractivity contribution in [1.29, 1.82) is 0 Å². The number of hydrogen-bond acceptors (Lipinski definition) is 1. The summed E-state index contributed by atoms with van der Waals surface area (Å²) in [6.07, 6.45) is 0. The molecule has 0 aliphatic carbocycles. The topological polar surface area (TPSA) is 9.23 Å². The molecule has 0 N–H and O–H groups in total. The molecule has 1 aromatic carbocycles. The van der Waals surface area contributed by atoms with E-state index in [9.17, 15) is 0 Å². The van der Waals surface area contributed by atoms with E-state index in [1.165, 1.54) is 6.04 Å². The van der Waals surface area contributed by atoms with Crippen molar-refractivity contribution in [3.05, 3.63) is 28.7 Å². The number of benzene rings is 1. The Morgan fingerprint density at radius 1 is 1.33 bits per heavy atom. The second-order valence-electron chi connectivity index (χ2n) is 4.92. The molecule has 1 nitrogen and oxygen atoms in total. The minimum atomic E-state index is -1.55. The van der Waals surface area contributed by atoms with Crippen molar-refractivity contribution < 1.29 is 4.43 Å². The molecule has 0 radical (unpaired) electrons. The predicted molar refractivity (Wildman–Crippen MR) is 71.9 cm³/mol. The van der Waals surface area contributed by atoms with Crippen molar-refractivity contribution >= 4 is 24.2 Å². The van der Waals surface area contributed by atoms with Gasteiger partial charge < -0.3 is 4.43 Å². The lowest BCUT2D eigenvalue weighted by atomic mass is 10.3. The predicted octanol–water partition coefficient (Wildman–Crippen LogP) is 4.69. The first kappa shape index (κ1) is 12.8. The van der Waals surface area contributed by atoms with Crippen LogP contribution in [0.5, 0.6) is 5.75 Å². The van der Waals surface area contributed by atoms with Crippen LogP contribution in [0.1, 0.15) is 13.8 Å². The van der Waals surface area contributed by atoms with E-state index in [1.807, 2.05) is 24.3 Å². The third-order valence-electron chi connectivity index (χ3n) is 2.09. The highest BCUT2D eigenvalue weighted by Crippen LogP contribution is 2.24. The van der Waals surface area contributed by atoms with Crippen LogP contribution in [0.2, 0.25) is 19.1 Å². The molecule has 1 aromatic rings. The SMILES string of the molecule is CC(C)C[Si](C)(C)Oc1cccc(Br)c1. The van der Waals surface area contributed by atoms with Gasteiger partial charge in [0.2, 0.25) is 8.32 Å². The number of halogens is 1. The Morgan fingerprint density at radius 2 is 2.00 bits per heavy atom. The molecule has 0 atom stereocenters. The highest BCUT2D eigenvalue weighted by molar-refractivity contribution is 9.10. The molecule has 84 valence electrons. The van der Waals surface area contributed by atoms with Gasteiger partial charge >= 0.3 is 0 Å². The first-order chi connectivity index (χ1) is 6.89. The molecule has 0 aliphatic heterocycles. The molecule has 3 heteroatoms. The summed E-state index contributed by atoms with van der Waals surface area (Å²) < 4.78 is 7.18. The fourth-order valence-corrected chi connectivity index (χ4v) is 5.07. The van der Waals surface area contributed by atoms with Gasteiger partial charge in [-0.15, -0.1) is 0 Å². The Morgan fingerprint density at radius 3 is 2.53 bits per heavy atom. The van der Waals surface area contributed by atoms with Crippen LogP contribution in [0.4, 0.5) is 0 Å². The van der Waals surface area contributed by atoms with Crippen molar-refractivity contribution in [2.24, 2.45) is 5.92 Å². The van der Waals surface area contributed by atoms with Crippen molar-refractivity contribution in [3.8, 4) is 5.75 Å². The summed E-state index contributed by atoms with van der Waals surface area (Å²) in [5.74, 6) is 1.69. The van der Waals surface area contributed by atoms with Crippen molar-refractivity contribution in [2.75, 3.05) is 0 Å². The lowest BCUT2D eigenvalue weighted by Crippen LogP contribution is -2.35. The van der Waals surface area contributed by atoms with Gasteiger partial charge in [0.1, 0.15) is 5.75 Å². The highest BCUT2D eigenvalue weighted by atomic mass is 79.9. The summed E-state index contributed by atoms with van der Waals surface area (Å²) in [5.41, 5.74) is 0. The van der Waals surface area contributed by atoms with Crippen LogP contribution in [0.3, 0.4) is 0 Å². The van der Waals surface area contributed by atoms with Gasteiger partial charge in [-0.2, -0.15) is 0 Å². The first-order valence-corrected chi connectivity index (χ1v) is 9.24. The molecule has 0 aromatic heterocycles. The number of rotatable bonds is 4. The van der Waals surface area contributed by atoms with E-state index in [1.54, 1.807) is 0 Å². The third kappa shape index (κ3) is 4.84. The fourth-order valence-electron chi connectivity index (χ4n) is 1.87. The van der Waals surface area contributed by atoms with Crippen LogP contribution in [0, 0.1) is 5.92 Å². The van der Waals surface area contributed by atoms with Crippen LogP contribution in [-0.4, -0.2) is 8.32 Å². The summed E-state index contributed by atoms with van der Waals surface area (Å²) >= 11 is 3.46. The standard InChI is InChI=1S/C12H19BrOSi/c1-10(2)9-15(3,4)14-12-7-5-6-11(13)8-12/h5-8,10H,9H2,1-4H3. The molecule has 0 heterocycles. The normalized spacial score (nSPS) is 11.9. The minimum absolute atomic E-state index is 0.707. The van der Waals surface area contributed by atoms with Gasteiger partial charge in [-0.1, -0.05) is 35.8 Å². The van der Waals surface area contributed by atoms with Gasteiger partial charge in [0.25, 0.3) is 0 Å². The summed E-state index contributed by atoms with van der Waals surface area (Å²) in [6, 6.07) is 9.29. The van der Waals surface area contributed by atoms with E-state index in [4.69, 9.17) is 4.43 Å². The molecule has 0 saturated heterocycles. The van der Waals surface area contributed by atoms with Gasteiger partial charge in [-0.25, -0.2) is 0 Å². The van der Waals surface area contributed by atoms with E-state index in [0.29, 0.717) is 5.92 Å². The maximum atomic E-state index is 6.10.